The normalized spacial score (nSPS) is 11.5. The number of furan rings is 1. The van der Waals surface area contributed by atoms with E-state index in [1.165, 1.54) is 18.0 Å². The van der Waals surface area contributed by atoms with E-state index < -0.39 is 0 Å². The molecule has 0 aliphatic rings. The summed E-state index contributed by atoms with van der Waals surface area (Å²) < 4.78 is 10.2. The molecule has 0 aliphatic heterocycles. The molecule has 28 heavy (non-hydrogen) atoms. The fourth-order valence-electron chi connectivity index (χ4n) is 2.42. The molecule has 1 aromatic heterocycles. The second-order valence-corrected chi connectivity index (χ2v) is 7.35. The molecule has 6 nitrogen and oxygen atoms in total. The first kappa shape index (κ1) is 19.6. The van der Waals surface area contributed by atoms with Crippen molar-refractivity contribution in [2.45, 2.75) is 17.1 Å². The topological polar surface area (TPSA) is 80.6 Å². The van der Waals surface area contributed by atoms with Gasteiger partial charge in [0.05, 0.1) is 18.6 Å². The second kappa shape index (κ2) is 9.14. The van der Waals surface area contributed by atoms with Crippen LogP contribution in [0.15, 0.2) is 76.2 Å². The van der Waals surface area contributed by atoms with Crippen LogP contribution in [0, 0.1) is 0 Å². The van der Waals surface area contributed by atoms with E-state index in [4.69, 9.17) is 9.15 Å². The van der Waals surface area contributed by atoms with Gasteiger partial charge in [-0.1, -0.05) is 6.07 Å². The molecule has 1 unspecified atom stereocenters. The highest BCUT2D eigenvalue weighted by atomic mass is 32.2. The lowest BCUT2D eigenvalue weighted by atomic mass is 10.3. The molecule has 1 heterocycles. The highest BCUT2D eigenvalue weighted by Gasteiger charge is 2.15. The number of nitrogens with one attached hydrogen (secondary N) is 2. The summed E-state index contributed by atoms with van der Waals surface area (Å²) in [5.41, 5.74) is 1.34. The Hall–Kier alpha value is -3.19. The van der Waals surface area contributed by atoms with Crippen LogP contribution in [-0.4, -0.2) is 24.2 Å². The molecule has 0 saturated heterocycles. The predicted octanol–water partition coefficient (Wildman–Crippen LogP) is 4.66. The number of ether oxygens (including phenoxy) is 1. The lowest BCUT2D eigenvalue weighted by Gasteiger charge is -2.13. The Morgan fingerprint density at radius 2 is 1.79 bits per heavy atom. The van der Waals surface area contributed by atoms with Crippen molar-refractivity contribution in [3.05, 3.63) is 72.7 Å². The minimum atomic E-state index is -0.322. The standard InChI is InChI=1S/C21H20N2O4S/c1-14(20(24)22-15-8-10-17(26-2)11-9-15)28-18-6-3-5-16(13-18)23-21(25)19-7-4-12-27-19/h3-14H,1-2H3,(H,22,24)(H,23,25). The van der Waals surface area contributed by atoms with Gasteiger partial charge in [-0.3, -0.25) is 9.59 Å². The molecule has 7 heteroatoms. The first-order valence-corrected chi connectivity index (χ1v) is 9.49. The smallest absolute Gasteiger partial charge is 0.291 e. The van der Waals surface area contributed by atoms with Crippen molar-refractivity contribution in [2.75, 3.05) is 17.7 Å². The molecular weight excluding hydrogens is 376 g/mol. The Bertz CT molecular complexity index is 939. The molecule has 1 atom stereocenters. The van der Waals surface area contributed by atoms with Crippen molar-refractivity contribution in [1.82, 2.24) is 0 Å². The van der Waals surface area contributed by atoms with Crippen LogP contribution in [0.25, 0.3) is 0 Å². The Balaban J connectivity index is 1.59. The predicted molar refractivity (Wildman–Crippen MR) is 110 cm³/mol. The van der Waals surface area contributed by atoms with Crippen LogP contribution in [-0.2, 0) is 4.79 Å². The minimum Gasteiger partial charge on any atom is -0.497 e. The van der Waals surface area contributed by atoms with Gasteiger partial charge in [-0.25, -0.2) is 0 Å². The monoisotopic (exact) mass is 396 g/mol. The molecule has 2 aromatic carbocycles. The van der Waals surface area contributed by atoms with Gasteiger partial charge in [0.1, 0.15) is 5.75 Å². The van der Waals surface area contributed by atoms with E-state index in [0.29, 0.717) is 11.4 Å². The van der Waals surface area contributed by atoms with Crippen LogP contribution >= 0.6 is 11.8 Å². The van der Waals surface area contributed by atoms with Gasteiger partial charge in [-0.05, 0) is 61.5 Å². The van der Waals surface area contributed by atoms with Crippen molar-refractivity contribution < 1.29 is 18.7 Å². The summed E-state index contributed by atoms with van der Waals surface area (Å²) in [6, 6.07) is 17.7. The molecule has 0 radical (unpaired) electrons. The number of amides is 2. The highest BCUT2D eigenvalue weighted by Crippen LogP contribution is 2.27. The fourth-order valence-corrected chi connectivity index (χ4v) is 3.35. The second-order valence-electron chi connectivity index (χ2n) is 5.94. The summed E-state index contributed by atoms with van der Waals surface area (Å²) in [4.78, 5) is 25.4. The number of carbonyl (C=O) groups is 2. The van der Waals surface area contributed by atoms with E-state index in [-0.39, 0.29) is 22.8 Å². The lowest BCUT2D eigenvalue weighted by Crippen LogP contribution is -2.22. The summed E-state index contributed by atoms with van der Waals surface area (Å²) in [5, 5.41) is 5.34. The van der Waals surface area contributed by atoms with Crippen molar-refractivity contribution in [2.24, 2.45) is 0 Å². The third-order valence-corrected chi connectivity index (χ3v) is 4.97. The van der Waals surface area contributed by atoms with E-state index >= 15 is 0 Å². The van der Waals surface area contributed by atoms with Crippen molar-refractivity contribution >= 4 is 35.0 Å². The van der Waals surface area contributed by atoms with E-state index in [1.54, 1.807) is 49.6 Å². The number of methoxy groups -OCH3 is 1. The van der Waals surface area contributed by atoms with Gasteiger partial charge < -0.3 is 19.8 Å². The average molecular weight is 396 g/mol. The number of carbonyl (C=O) groups excluding carboxylic acids is 2. The Morgan fingerprint density at radius 1 is 1.00 bits per heavy atom. The van der Waals surface area contributed by atoms with E-state index in [1.807, 2.05) is 25.1 Å². The molecule has 3 rings (SSSR count). The maximum absolute atomic E-state index is 12.4. The summed E-state index contributed by atoms with van der Waals surface area (Å²) in [6.07, 6.45) is 1.45. The van der Waals surface area contributed by atoms with E-state index in [2.05, 4.69) is 10.6 Å². The molecule has 0 bridgehead atoms. The molecule has 0 aliphatic carbocycles. The van der Waals surface area contributed by atoms with Crippen molar-refractivity contribution in [3.8, 4) is 5.75 Å². The summed E-state index contributed by atoms with van der Waals surface area (Å²) >= 11 is 1.41. The molecule has 144 valence electrons. The van der Waals surface area contributed by atoms with Gasteiger partial charge in [-0.15, -0.1) is 11.8 Å². The number of hydrogen-bond acceptors (Lipinski definition) is 5. The van der Waals surface area contributed by atoms with Gasteiger partial charge >= 0.3 is 0 Å². The summed E-state index contributed by atoms with van der Waals surface area (Å²) in [5.74, 6) is 0.539. The highest BCUT2D eigenvalue weighted by molar-refractivity contribution is 8.00. The molecule has 3 aromatic rings. The molecule has 0 saturated carbocycles. The zero-order valence-electron chi connectivity index (χ0n) is 15.5. The van der Waals surface area contributed by atoms with Crippen molar-refractivity contribution in [3.63, 3.8) is 0 Å². The number of benzene rings is 2. The van der Waals surface area contributed by atoms with Gasteiger partial charge in [0.2, 0.25) is 5.91 Å². The molecular formula is C21H20N2O4S. The van der Waals surface area contributed by atoms with E-state index in [0.717, 1.165) is 10.6 Å². The number of rotatable bonds is 7. The quantitative estimate of drug-likeness (QED) is 0.568. The van der Waals surface area contributed by atoms with E-state index in [9.17, 15) is 9.59 Å². The zero-order chi connectivity index (χ0) is 19.9. The SMILES string of the molecule is COc1ccc(NC(=O)C(C)Sc2cccc(NC(=O)c3ccco3)c2)cc1. The molecule has 0 spiro atoms. The number of thioether (sulfide) groups is 1. The third-order valence-electron chi connectivity index (χ3n) is 3.88. The van der Waals surface area contributed by atoms with Crippen LogP contribution < -0.4 is 15.4 Å². The maximum Gasteiger partial charge on any atom is 0.291 e. The molecule has 0 fully saturated rings. The van der Waals surface area contributed by atoms with Gasteiger partial charge in [-0.2, -0.15) is 0 Å². The Kier molecular flexibility index (Phi) is 6.39. The Morgan fingerprint density at radius 3 is 2.46 bits per heavy atom. The largest absolute Gasteiger partial charge is 0.497 e. The molecule has 2 N–H and O–H groups in total. The van der Waals surface area contributed by atoms with Gasteiger partial charge in [0, 0.05) is 16.3 Å². The number of hydrogen-bond donors (Lipinski definition) is 2. The average Bonchev–Trinajstić information content (AvgIpc) is 3.24. The first-order valence-electron chi connectivity index (χ1n) is 8.61. The third kappa shape index (κ3) is 5.17. The van der Waals surface area contributed by atoms with Crippen LogP contribution in [0.5, 0.6) is 5.75 Å². The van der Waals surface area contributed by atoms with Crippen LogP contribution in [0.1, 0.15) is 17.5 Å². The van der Waals surface area contributed by atoms with Crippen LogP contribution in [0.2, 0.25) is 0 Å². The fraction of sp³-hybridized carbons (Fsp3) is 0.143. The minimum absolute atomic E-state index is 0.111. The van der Waals surface area contributed by atoms with Crippen molar-refractivity contribution in [1.29, 1.82) is 0 Å². The van der Waals surface area contributed by atoms with Crippen LogP contribution in [0.3, 0.4) is 0 Å². The first-order chi connectivity index (χ1) is 13.5. The van der Waals surface area contributed by atoms with Gasteiger partial charge in [0.15, 0.2) is 5.76 Å². The maximum atomic E-state index is 12.4. The van der Waals surface area contributed by atoms with Crippen LogP contribution in [0.4, 0.5) is 11.4 Å². The zero-order valence-corrected chi connectivity index (χ0v) is 16.3. The summed E-state index contributed by atoms with van der Waals surface area (Å²) in [7, 11) is 1.59. The van der Waals surface area contributed by atoms with Gasteiger partial charge in [0.25, 0.3) is 5.91 Å². The lowest BCUT2D eigenvalue weighted by molar-refractivity contribution is -0.115. The number of anilines is 2. The molecule has 2 amide bonds. The summed E-state index contributed by atoms with van der Waals surface area (Å²) in [6.45, 7) is 1.83. The Labute approximate surface area is 167 Å².